The van der Waals surface area contributed by atoms with E-state index in [4.69, 9.17) is 0 Å². The van der Waals surface area contributed by atoms with E-state index in [1.165, 1.54) is 31.4 Å². The van der Waals surface area contributed by atoms with Gasteiger partial charge < -0.3 is 15.3 Å². The number of nitrogens with one attached hydrogen (secondary N) is 1. The smallest absolute Gasteiger partial charge is 0.0626 e. The molecule has 2 rings (SSSR count). The van der Waals surface area contributed by atoms with E-state index in [0.29, 0.717) is 12.1 Å². The standard InChI is InChI=1S/C17H28N2O/c1-14(2)19-11-6-9-16(10-12-19)18-17(13-20)15-7-4-3-5-8-15/h3-5,7-8,14,16-18,20H,6,9-13H2,1-2H3. The van der Waals surface area contributed by atoms with Gasteiger partial charge in [-0.15, -0.1) is 0 Å². The molecule has 1 aliphatic rings. The average molecular weight is 276 g/mol. The van der Waals surface area contributed by atoms with Crippen LogP contribution in [0.4, 0.5) is 0 Å². The molecule has 0 aliphatic carbocycles. The van der Waals surface area contributed by atoms with Crippen LogP contribution in [0.15, 0.2) is 30.3 Å². The Kier molecular flexibility index (Phi) is 6.02. The Labute approximate surface area is 123 Å². The van der Waals surface area contributed by atoms with E-state index in [-0.39, 0.29) is 12.6 Å². The Morgan fingerprint density at radius 1 is 1.20 bits per heavy atom. The Hall–Kier alpha value is -0.900. The zero-order valence-corrected chi connectivity index (χ0v) is 12.8. The molecule has 0 aromatic heterocycles. The molecule has 2 atom stereocenters. The number of rotatable bonds is 5. The highest BCUT2D eigenvalue weighted by Gasteiger charge is 2.21. The molecule has 1 heterocycles. The Bertz CT molecular complexity index is 380. The van der Waals surface area contributed by atoms with Gasteiger partial charge in [0.15, 0.2) is 0 Å². The van der Waals surface area contributed by atoms with Gasteiger partial charge in [-0.3, -0.25) is 0 Å². The molecule has 3 nitrogen and oxygen atoms in total. The van der Waals surface area contributed by atoms with E-state index in [1.807, 2.05) is 18.2 Å². The van der Waals surface area contributed by atoms with Crippen molar-refractivity contribution in [3.63, 3.8) is 0 Å². The Balaban J connectivity index is 1.91. The normalized spacial score (nSPS) is 22.7. The highest BCUT2D eigenvalue weighted by atomic mass is 16.3. The van der Waals surface area contributed by atoms with Crippen molar-refractivity contribution in [2.24, 2.45) is 0 Å². The van der Waals surface area contributed by atoms with Gasteiger partial charge in [-0.25, -0.2) is 0 Å². The van der Waals surface area contributed by atoms with E-state index in [2.05, 4.69) is 36.2 Å². The van der Waals surface area contributed by atoms with Crippen LogP contribution >= 0.6 is 0 Å². The van der Waals surface area contributed by atoms with Crippen LogP contribution in [-0.2, 0) is 0 Å². The quantitative estimate of drug-likeness (QED) is 0.867. The fourth-order valence-corrected chi connectivity index (χ4v) is 3.03. The fraction of sp³-hybridized carbons (Fsp3) is 0.647. The van der Waals surface area contributed by atoms with Crippen molar-refractivity contribution in [2.75, 3.05) is 19.7 Å². The summed E-state index contributed by atoms with van der Waals surface area (Å²) >= 11 is 0. The van der Waals surface area contributed by atoms with Crippen LogP contribution in [0.5, 0.6) is 0 Å². The minimum absolute atomic E-state index is 0.0619. The molecular formula is C17H28N2O. The van der Waals surface area contributed by atoms with Crippen molar-refractivity contribution in [2.45, 2.75) is 51.2 Å². The van der Waals surface area contributed by atoms with E-state index < -0.39 is 0 Å². The SMILES string of the molecule is CC(C)N1CCCC(NC(CO)c2ccccc2)CC1. The lowest BCUT2D eigenvalue weighted by Crippen LogP contribution is -2.36. The van der Waals surface area contributed by atoms with Crippen molar-refractivity contribution in [3.05, 3.63) is 35.9 Å². The highest BCUT2D eigenvalue weighted by Crippen LogP contribution is 2.18. The van der Waals surface area contributed by atoms with E-state index in [0.717, 1.165) is 6.54 Å². The summed E-state index contributed by atoms with van der Waals surface area (Å²) in [6.07, 6.45) is 3.61. The molecule has 1 aliphatic heterocycles. The maximum Gasteiger partial charge on any atom is 0.0626 e. The summed E-state index contributed by atoms with van der Waals surface area (Å²) in [5, 5.41) is 13.3. The Morgan fingerprint density at radius 3 is 2.60 bits per heavy atom. The van der Waals surface area contributed by atoms with Crippen LogP contribution in [0.1, 0.15) is 44.7 Å². The molecule has 1 aromatic carbocycles. The maximum atomic E-state index is 9.65. The topological polar surface area (TPSA) is 35.5 Å². The maximum absolute atomic E-state index is 9.65. The second kappa shape index (κ2) is 7.77. The summed E-state index contributed by atoms with van der Waals surface area (Å²) in [5.41, 5.74) is 1.18. The third-order valence-corrected chi connectivity index (χ3v) is 4.31. The molecule has 0 amide bonds. The van der Waals surface area contributed by atoms with Crippen LogP contribution in [0.3, 0.4) is 0 Å². The number of likely N-dealkylation sites (tertiary alicyclic amines) is 1. The van der Waals surface area contributed by atoms with Crippen LogP contribution in [0, 0.1) is 0 Å². The van der Waals surface area contributed by atoms with Gasteiger partial charge in [0.2, 0.25) is 0 Å². The zero-order valence-electron chi connectivity index (χ0n) is 12.8. The molecule has 2 unspecified atom stereocenters. The fourth-order valence-electron chi connectivity index (χ4n) is 3.03. The highest BCUT2D eigenvalue weighted by molar-refractivity contribution is 5.19. The summed E-state index contributed by atoms with van der Waals surface area (Å²) < 4.78 is 0. The third kappa shape index (κ3) is 4.30. The molecule has 0 radical (unpaired) electrons. The number of aliphatic hydroxyl groups excluding tert-OH is 1. The third-order valence-electron chi connectivity index (χ3n) is 4.31. The summed E-state index contributed by atoms with van der Waals surface area (Å²) in [6.45, 7) is 7.06. The molecule has 20 heavy (non-hydrogen) atoms. The predicted octanol–water partition coefficient (Wildman–Crippen LogP) is 2.57. The lowest BCUT2D eigenvalue weighted by atomic mass is 10.0. The average Bonchev–Trinajstić information content (AvgIpc) is 2.71. The lowest BCUT2D eigenvalue weighted by molar-refractivity contribution is 0.217. The predicted molar refractivity (Wildman–Crippen MR) is 83.8 cm³/mol. The Morgan fingerprint density at radius 2 is 1.95 bits per heavy atom. The van der Waals surface area contributed by atoms with Crippen LogP contribution < -0.4 is 5.32 Å². The van der Waals surface area contributed by atoms with Crippen LogP contribution in [0.25, 0.3) is 0 Å². The first kappa shape index (κ1) is 15.5. The molecule has 112 valence electrons. The first-order chi connectivity index (χ1) is 9.70. The molecule has 1 saturated heterocycles. The molecule has 1 aromatic rings. The summed E-state index contributed by atoms with van der Waals surface area (Å²) in [6, 6.07) is 11.5. The number of benzene rings is 1. The molecule has 0 spiro atoms. The molecule has 2 N–H and O–H groups in total. The number of aliphatic hydroxyl groups is 1. The van der Waals surface area contributed by atoms with Gasteiger partial charge in [0, 0.05) is 12.1 Å². The monoisotopic (exact) mass is 276 g/mol. The van der Waals surface area contributed by atoms with Gasteiger partial charge in [0.25, 0.3) is 0 Å². The minimum Gasteiger partial charge on any atom is -0.394 e. The van der Waals surface area contributed by atoms with Crippen molar-refractivity contribution in [1.82, 2.24) is 10.2 Å². The van der Waals surface area contributed by atoms with Crippen LogP contribution in [0.2, 0.25) is 0 Å². The van der Waals surface area contributed by atoms with E-state index in [9.17, 15) is 5.11 Å². The second-order valence-corrected chi connectivity index (χ2v) is 6.07. The van der Waals surface area contributed by atoms with Gasteiger partial charge in [0.1, 0.15) is 0 Å². The van der Waals surface area contributed by atoms with E-state index in [1.54, 1.807) is 0 Å². The van der Waals surface area contributed by atoms with Crippen molar-refractivity contribution < 1.29 is 5.11 Å². The second-order valence-electron chi connectivity index (χ2n) is 6.07. The van der Waals surface area contributed by atoms with Crippen molar-refractivity contribution in [3.8, 4) is 0 Å². The molecule has 0 saturated carbocycles. The largest absolute Gasteiger partial charge is 0.394 e. The molecular weight excluding hydrogens is 248 g/mol. The van der Waals surface area contributed by atoms with Crippen molar-refractivity contribution in [1.29, 1.82) is 0 Å². The van der Waals surface area contributed by atoms with Gasteiger partial charge in [-0.05, 0) is 51.8 Å². The van der Waals surface area contributed by atoms with Gasteiger partial charge in [-0.1, -0.05) is 30.3 Å². The molecule has 3 heteroatoms. The van der Waals surface area contributed by atoms with E-state index >= 15 is 0 Å². The van der Waals surface area contributed by atoms with Crippen LogP contribution in [-0.4, -0.2) is 41.8 Å². The summed E-state index contributed by atoms with van der Waals surface area (Å²) in [4.78, 5) is 2.55. The van der Waals surface area contributed by atoms with Gasteiger partial charge >= 0.3 is 0 Å². The summed E-state index contributed by atoms with van der Waals surface area (Å²) in [7, 11) is 0. The van der Waals surface area contributed by atoms with Gasteiger partial charge in [0.05, 0.1) is 12.6 Å². The molecule has 0 bridgehead atoms. The number of hydrogen-bond donors (Lipinski definition) is 2. The zero-order chi connectivity index (χ0) is 14.4. The summed E-state index contributed by atoms with van der Waals surface area (Å²) in [5.74, 6) is 0. The molecule has 1 fully saturated rings. The number of hydrogen-bond acceptors (Lipinski definition) is 3. The van der Waals surface area contributed by atoms with Gasteiger partial charge in [-0.2, -0.15) is 0 Å². The lowest BCUT2D eigenvalue weighted by Gasteiger charge is -2.26. The first-order valence-electron chi connectivity index (χ1n) is 7.86. The minimum atomic E-state index is 0.0619. The first-order valence-corrected chi connectivity index (χ1v) is 7.86. The number of nitrogens with zero attached hydrogens (tertiary/aromatic N) is 1. The van der Waals surface area contributed by atoms with Crippen molar-refractivity contribution >= 4 is 0 Å².